The standard InChI is InChI=1S/C13H17ClN4/c1-2-5-17-6-8-18(9-7-17)13-12(14)11(10-15)3-4-16-13/h3-4H,2,5-9H2,1H3. The third-order valence-electron chi connectivity index (χ3n) is 3.20. The fraction of sp³-hybridized carbons (Fsp3) is 0.538. The van der Waals surface area contributed by atoms with Crippen molar-refractivity contribution in [3.05, 3.63) is 22.8 Å². The van der Waals surface area contributed by atoms with E-state index in [1.54, 1.807) is 12.3 Å². The minimum atomic E-state index is 0.476. The molecular formula is C13H17ClN4. The molecule has 0 aliphatic carbocycles. The van der Waals surface area contributed by atoms with E-state index in [0.29, 0.717) is 10.6 Å². The highest BCUT2D eigenvalue weighted by molar-refractivity contribution is 6.34. The molecule has 1 aliphatic rings. The first-order valence-corrected chi connectivity index (χ1v) is 6.66. The van der Waals surface area contributed by atoms with Gasteiger partial charge in [0.2, 0.25) is 0 Å². The van der Waals surface area contributed by atoms with Crippen LogP contribution >= 0.6 is 11.6 Å². The lowest BCUT2D eigenvalue weighted by Gasteiger charge is -2.35. The monoisotopic (exact) mass is 264 g/mol. The van der Waals surface area contributed by atoms with Crippen LogP contribution < -0.4 is 4.90 Å². The quantitative estimate of drug-likeness (QED) is 0.839. The van der Waals surface area contributed by atoms with Gasteiger partial charge in [-0.1, -0.05) is 18.5 Å². The van der Waals surface area contributed by atoms with E-state index < -0.39 is 0 Å². The third kappa shape index (κ3) is 2.74. The second-order valence-electron chi connectivity index (χ2n) is 4.44. The predicted octanol–water partition coefficient (Wildman–Crippen LogP) is 2.14. The number of pyridine rings is 1. The number of piperazine rings is 1. The van der Waals surface area contributed by atoms with Gasteiger partial charge in [-0.05, 0) is 19.0 Å². The summed E-state index contributed by atoms with van der Waals surface area (Å²) >= 11 is 6.20. The first-order valence-electron chi connectivity index (χ1n) is 6.28. The molecule has 96 valence electrons. The van der Waals surface area contributed by atoms with Gasteiger partial charge in [0.25, 0.3) is 0 Å². The maximum absolute atomic E-state index is 8.96. The molecule has 2 heterocycles. The van der Waals surface area contributed by atoms with Gasteiger partial charge < -0.3 is 4.90 Å². The molecule has 0 atom stereocenters. The molecule has 1 fully saturated rings. The molecule has 2 rings (SSSR count). The van der Waals surface area contributed by atoms with Crippen LogP contribution in [-0.2, 0) is 0 Å². The largest absolute Gasteiger partial charge is 0.353 e. The fourth-order valence-electron chi connectivity index (χ4n) is 2.24. The van der Waals surface area contributed by atoms with E-state index in [-0.39, 0.29) is 0 Å². The van der Waals surface area contributed by atoms with Crippen LogP contribution in [0.15, 0.2) is 12.3 Å². The molecule has 1 saturated heterocycles. The van der Waals surface area contributed by atoms with Gasteiger partial charge in [0, 0.05) is 32.4 Å². The zero-order valence-corrected chi connectivity index (χ0v) is 11.3. The molecule has 1 aliphatic heterocycles. The summed E-state index contributed by atoms with van der Waals surface area (Å²) in [5.41, 5.74) is 0.498. The molecule has 4 nitrogen and oxygen atoms in total. The lowest BCUT2D eigenvalue weighted by atomic mass is 10.2. The van der Waals surface area contributed by atoms with Crippen LogP contribution in [-0.4, -0.2) is 42.6 Å². The van der Waals surface area contributed by atoms with Gasteiger partial charge in [0.05, 0.1) is 5.56 Å². The van der Waals surface area contributed by atoms with Gasteiger partial charge in [0.1, 0.15) is 16.9 Å². The van der Waals surface area contributed by atoms with Crippen molar-refractivity contribution in [2.45, 2.75) is 13.3 Å². The molecule has 0 amide bonds. The van der Waals surface area contributed by atoms with Crippen molar-refractivity contribution in [3.63, 3.8) is 0 Å². The van der Waals surface area contributed by atoms with Gasteiger partial charge in [-0.3, -0.25) is 4.90 Å². The average Bonchev–Trinajstić information content (AvgIpc) is 2.41. The van der Waals surface area contributed by atoms with E-state index >= 15 is 0 Å². The summed E-state index contributed by atoms with van der Waals surface area (Å²) < 4.78 is 0. The average molecular weight is 265 g/mol. The Hall–Kier alpha value is -1.31. The summed E-state index contributed by atoms with van der Waals surface area (Å²) in [6.45, 7) is 7.24. The van der Waals surface area contributed by atoms with E-state index in [0.717, 1.165) is 38.5 Å². The lowest BCUT2D eigenvalue weighted by molar-refractivity contribution is 0.258. The van der Waals surface area contributed by atoms with E-state index in [1.165, 1.54) is 6.42 Å². The Morgan fingerprint density at radius 2 is 2.11 bits per heavy atom. The minimum Gasteiger partial charge on any atom is -0.353 e. The Morgan fingerprint density at radius 3 is 2.72 bits per heavy atom. The Labute approximate surface area is 113 Å². The van der Waals surface area contributed by atoms with Crippen LogP contribution in [0.4, 0.5) is 5.82 Å². The number of halogens is 1. The molecule has 0 N–H and O–H groups in total. The van der Waals surface area contributed by atoms with Crippen LogP contribution in [0.25, 0.3) is 0 Å². The maximum atomic E-state index is 8.96. The lowest BCUT2D eigenvalue weighted by Crippen LogP contribution is -2.46. The summed E-state index contributed by atoms with van der Waals surface area (Å²) in [7, 11) is 0. The second-order valence-corrected chi connectivity index (χ2v) is 4.81. The summed E-state index contributed by atoms with van der Waals surface area (Å²) in [6.07, 6.45) is 2.83. The van der Waals surface area contributed by atoms with Gasteiger partial charge in [-0.2, -0.15) is 5.26 Å². The highest BCUT2D eigenvalue weighted by Gasteiger charge is 2.20. The molecule has 0 spiro atoms. The normalized spacial score (nSPS) is 16.6. The predicted molar refractivity (Wildman–Crippen MR) is 72.9 cm³/mol. The van der Waals surface area contributed by atoms with E-state index in [1.807, 2.05) is 0 Å². The topological polar surface area (TPSA) is 43.2 Å². The smallest absolute Gasteiger partial charge is 0.148 e. The Bertz CT molecular complexity index is 447. The van der Waals surface area contributed by atoms with E-state index in [9.17, 15) is 0 Å². The number of aromatic nitrogens is 1. The SMILES string of the molecule is CCCN1CCN(c2nccc(C#N)c2Cl)CC1. The molecule has 1 aromatic heterocycles. The summed E-state index contributed by atoms with van der Waals surface area (Å²) in [4.78, 5) is 8.91. The van der Waals surface area contributed by atoms with E-state index in [4.69, 9.17) is 16.9 Å². The molecule has 0 saturated carbocycles. The molecule has 0 radical (unpaired) electrons. The van der Waals surface area contributed by atoms with Crippen molar-refractivity contribution in [3.8, 4) is 6.07 Å². The maximum Gasteiger partial charge on any atom is 0.148 e. The van der Waals surface area contributed by atoms with Gasteiger partial charge in [-0.15, -0.1) is 0 Å². The molecule has 5 heteroatoms. The van der Waals surface area contributed by atoms with Gasteiger partial charge >= 0.3 is 0 Å². The first kappa shape index (κ1) is 13.1. The third-order valence-corrected chi connectivity index (χ3v) is 3.58. The van der Waals surface area contributed by atoms with Crippen LogP contribution in [0.3, 0.4) is 0 Å². The zero-order valence-electron chi connectivity index (χ0n) is 10.6. The fourth-order valence-corrected chi connectivity index (χ4v) is 2.51. The van der Waals surface area contributed by atoms with Gasteiger partial charge in [-0.25, -0.2) is 4.98 Å². The molecule has 1 aromatic rings. The van der Waals surface area contributed by atoms with Crippen molar-refractivity contribution in [1.82, 2.24) is 9.88 Å². The van der Waals surface area contributed by atoms with E-state index in [2.05, 4.69) is 27.8 Å². The number of nitriles is 1. The van der Waals surface area contributed by atoms with Crippen molar-refractivity contribution in [1.29, 1.82) is 5.26 Å². The van der Waals surface area contributed by atoms with Crippen LogP contribution in [0, 0.1) is 11.3 Å². The minimum absolute atomic E-state index is 0.476. The highest BCUT2D eigenvalue weighted by atomic mass is 35.5. The Morgan fingerprint density at radius 1 is 1.39 bits per heavy atom. The van der Waals surface area contributed by atoms with Crippen LogP contribution in [0.2, 0.25) is 5.02 Å². The number of nitrogens with zero attached hydrogens (tertiary/aromatic N) is 4. The number of anilines is 1. The molecule has 0 unspecified atom stereocenters. The molecule has 0 bridgehead atoms. The van der Waals surface area contributed by atoms with Crippen molar-refractivity contribution in [2.75, 3.05) is 37.6 Å². The van der Waals surface area contributed by atoms with Crippen molar-refractivity contribution >= 4 is 17.4 Å². The zero-order chi connectivity index (χ0) is 13.0. The molecule has 0 aromatic carbocycles. The number of rotatable bonds is 3. The van der Waals surface area contributed by atoms with Crippen LogP contribution in [0.5, 0.6) is 0 Å². The summed E-state index contributed by atoms with van der Waals surface area (Å²) in [5.74, 6) is 0.742. The number of hydrogen-bond donors (Lipinski definition) is 0. The summed E-state index contributed by atoms with van der Waals surface area (Å²) in [6, 6.07) is 3.75. The Balaban J connectivity index is 2.08. The highest BCUT2D eigenvalue weighted by Crippen LogP contribution is 2.27. The number of hydrogen-bond acceptors (Lipinski definition) is 4. The van der Waals surface area contributed by atoms with Crippen LogP contribution in [0.1, 0.15) is 18.9 Å². The summed E-state index contributed by atoms with van der Waals surface area (Å²) in [5, 5.41) is 9.44. The van der Waals surface area contributed by atoms with Crippen molar-refractivity contribution in [2.24, 2.45) is 0 Å². The second kappa shape index (κ2) is 6.03. The molecule has 18 heavy (non-hydrogen) atoms. The first-order chi connectivity index (χ1) is 8.76. The van der Waals surface area contributed by atoms with Gasteiger partial charge in [0.15, 0.2) is 0 Å². The van der Waals surface area contributed by atoms with Crippen molar-refractivity contribution < 1.29 is 0 Å². The Kier molecular flexibility index (Phi) is 4.40. The molecular weight excluding hydrogens is 248 g/mol.